The molecule has 112 valence electrons. The van der Waals surface area contributed by atoms with Gasteiger partial charge < -0.3 is 15.2 Å². The van der Waals surface area contributed by atoms with Crippen LogP contribution in [-0.2, 0) is 5.41 Å². The van der Waals surface area contributed by atoms with Crippen LogP contribution in [0.3, 0.4) is 0 Å². The van der Waals surface area contributed by atoms with E-state index < -0.39 is 0 Å². The van der Waals surface area contributed by atoms with Gasteiger partial charge in [0.05, 0.1) is 19.0 Å². The zero-order valence-electron chi connectivity index (χ0n) is 12.6. The maximum Gasteiger partial charge on any atom is 0.238 e. The third kappa shape index (κ3) is 3.58. The van der Waals surface area contributed by atoms with Gasteiger partial charge in [0.25, 0.3) is 0 Å². The summed E-state index contributed by atoms with van der Waals surface area (Å²) in [4.78, 5) is 4.13. The van der Waals surface area contributed by atoms with Crippen molar-refractivity contribution in [3.8, 4) is 17.4 Å². The molecular formula is C16H19ClN2O2. The highest BCUT2D eigenvalue weighted by Crippen LogP contribution is 2.38. The molecule has 4 nitrogen and oxygen atoms in total. The first kappa shape index (κ1) is 15.4. The average molecular weight is 307 g/mol. The van der Waals surface area contributed by atoms with Crippen LogP contribution >= 0.6 is 11.6 Å². The summed E-state index contributed by atoms with van der Waals surface area (Å²) in [5.41, 5.74) is 7.04. The number of hydrogen-bond donors (Lipinski definition) is 1. The van der Waals surface area contributed by atoms with Crippen LogP contribution in [0.1, 0.15) is 26.3 Å². The lowest BCUT2D eigenvalue weighted by Gasteiger charge is -2.23. The monoisotopic (exact) mass is 306 g/mol. The predicted molar refractivity (Wildman–Crippen MR) is 85.4 cm³/mol. The Morgan fingerprint density at radius 2 is 1.90 bits per heavy atom. The highest BCUT2D eigenvalue weighted by atomic mass is 35.5. The molecule has 1 heterocycles. The molecule has 0 atom stereocenters. The predicted octanol–water partition coefficient (Wildman–Crippen LogP) is 4.42. The van der Waals surface area contributed by atoms with E-state index in [0.717, 1.165) is 11.3 Å². The van der Waals surface area contributed by atoms with E-state index in [0.29, 0.717) is 22.3 Å². The molecule has 1 aromatic carbocycles. The number of pyridine rings is 1. The number of hydrogen-bond acceptors (Lipinski definition) is 4. The van der Waals surface area contributed by atoms with Gasteiger partial charge in [-0.2, -0.15) is 0 Å². The Kier molecular flexibility index (Phi) is 4.28. The fraction of sp³-hybridized carbons (Fsp3) is 0.312. The molecule has 2 N–H and O–H groups in total. The normalized spacial score (nSPS) is 11.3. The number of rotatable bonds is 3. The second-order valence-electron chi connectivity index (χ2n) is 5.77. The smallest absolute Gasteiger partial charge is 0.238 e. The highest BCUT2D eigenvalue weighted by molar-refractivity contribution is 6.32. The van der Waals surface area contributed by atoms with Crippen LogP contribution in [0.15, 0.2) is 30.5 Å². The van der Waals surface area contributed by atoms with Crippen molar-refractivity contribution in [3.05, 3.63) is 41.0 Å². The van der Waals surface area contributed by atoms with Crippen molar-refractivity contribution in [2.45, 2.75) is 26.2 Å². The van der Waals surface area contributed by atoms with Crippen LogP contribution in [0.4, 0.5) is 5.69 Å². The molecule has 0 bridgehead atoms. The molecule has 0 saturated carbocycles. The Balaban J connectivity index is 2.44. The Morgan fingerprint density at radius 3 is 2.48 bits per heavy atom. The van der Waals surface area contributed by atoms with Crippen molar-refractivity contribution in [2.75, 3.05) is 12.8 Å². The number of ether oxygens (including phenoxy) is 2. The minimum absolute atomic E-state index is 0.107. The van der Waals surface area contributed by atoms with Crippen LogP contribution in [-0.4, -0.2) is 12.1 Å². The van der Waals surface area contributed by atoms with Gasteiger partial charge in [-0.05, 0) is 29.7 Å². The van der Waals surface area contributed by atoms with Crippen LogP contribution in [0.5, 0.6) is 17.4 Å². The highest BCUT2D eigenvalue weighted by Gasteiger charge is 2.21. The van der Waals surface area contributed by atoms with E-state index in [1.165, 1.54) is 6.20 Å². The largest absolute Gasteiger partial charge is 0.497 e. The second kappa shape index (κ2) is 5.82. The Labute approximate surface area is 129 Å². The number of anilines is 1. The van der Waals surface area contributed by atoms with E-state index in [4.69, 9.17) is 26.8 Å². The molecule has 0 aliphatic rings. The minimum Gasteiger partial charge on any atom is -0.497 e. The van der Waals surface area contributed by atoms with E-state index in [-0.39, 0.29) is 5.41 Å². The first-order chi connectivity index (χ1) is 9.81. The van der Waals surface area contributed by atoms with Gasteiger partial charge in [0.15, 0.2) is 0 Å². The molecule has 2 aromatic rings. The summed E-state index contributed by atoms with van der Waals surface area (Å²) in [7, 11) is 1.64. The zero-order valence-corrected chi connectivity index (χ0v) is 13.4. The molecule has 0 aliphatic heterocycles. The van der Waals surface area contributed by atoms with Crippen molar-refractivity contribution in [1.82, 2.24) is 4.98 Å². The van der Waals surface area contributed by atoms with Gasteiger partial charge in [-0.25, -0.2) is 4.98 Å². The standard InChI is InChI=1S/C16H19ClN2O2/c1-16(2,3)12-8-11(20-4)5-6-14(12)21-15-13(17)7-10(18)9-19-15/h5-9H,18H2,1-4H3. The van der Waals surface area contributed by atoms with E-state index in [9.17, 15) is 0 Å². The molecule has 2 rings (SSSR count). The van der Waals surface area contributed by atoms with E-state index in [2.05, 4.69) is 25.8 Å². The molecule has 0 saturated heterocycles. The van der Waals surface area contributed by atoms with E-state index in [1.807, 2.05) is 18.2 Å². The van der Waals surface area contributed by atoms with Crippen molar-refractivity contribution < 1.29 is 9.47 Å². The minimum atomic E-state index is -0.107. The lowest BCUT2D eigenvalue weighted by Crippen LogP contribution is -2.13. The van der Waals surface area contributed by atoms with Crippen molar-refractivity contribution in [2.24, 2.45) is 0 Å². The first-order valence-electron chi connectivity index (χ1n) is 6.58. The lowest BCUT2D eigenvalue weighted by atomic mass is 9.86. The van der Waals surface area contributed by atoms with Crippen molar-refractivity contribution in [1.29, 1.82) is 0 Å². The molecule has 5 heteroatoms. The van der Waals surface area contributed by atoms with Gasteiger partial charge in [-0.3, -0.25) is 0 Å². The Bertz CT molecular complexity index is 651. The van der Waals surface area contributed by atoms with E-state index in [1.54, 1.807) is 13.2 Å². The van der Waals surface area contributed by atoms with Crippen LogP contribution in [0, 0.1) is 0 Å². The molecule has 0 amide bonds. The summed E-state index contributed by atoms with van der Waals surface area (Å²) < 4.78 is 11.1. The maximum atomic E-state index is 6.11. The van der Waals surface area contributed by atoms with Gasteiger partial charge >= 0.3 is 0 Å². The quantitative estimate of drug-likeness (QED) is 0.912. The molecule has 0 aliphatic carbocycles. The summed E-state index contributed by atoms with van der Waals surface area (Å²) >= 11 is 6.11. The summed E-state index contributed by atoms with van der Waals surface area (Å²) in [5.74, 6) is 1.81. The van der Waals surface area contributed by atoms with E-state index >= 15 is 0 Å². The molecular weight excluding hydrogens is 288 g/mol. The third-order valence-corrected chi connectivity index (χ3v) is 3.30. The topological polar surface area (TPSA) is 57.4 Å². The van der Waals surface area contributed by atoms with Crippen LogP contribution < -0.4 is 15.2 Å². The number of benzene rings is 1. The number of nitrogen functional groups attached to an aromatic ring is 1. The van der Waals surface area contributed by atoms with Gasteiger partial charge in [0, 0.05) is 5.56 Å². The van der Waals surface area contributed by atoms with Crippen LogP contribution in [0.2, 0.25) is 5.02 Å². The Morgan fingerprint density at radius 1 is 1.19 bits per heavy atom. The zero-order chi connectivity index (χ0) is 15.6. The van der Waals surface area contributed by atoms with Crippen LogP contribution in [0.25, 0.3) is 0 Å². The fourth-order valence-electron chi connectivity index (χ4n) is 1.93. The summed E-state index contributed by atoms with van der Waals surface area (Å²) in [5, 5.41) is 0.380. The number of aromatic nitrogens is 1. The van der Waals surface area contributed by atoms with Gasteiger partial charge in [0.1, 0.15) is 16.5 Å². The molecule has 1 aromatic heterocycles. The third-order valence-electron chi connectivity index (χ3n) is 3.03. The lowest BCUT2D eigenvalue weighted by molar-refractivity contribution is 0.405. The number of nitrogens with zero attached hydrogens (tertiary/aromatic N) is 1. The summed E-state index contributed by atoms with van der Waals surface area (Å²) in [6, 6.07) is 7.27. The molecule has 21 heavy (non-hydrogen) atoms. The summed E-state index contributed by atoms with van der Waals surface area (Å²) in [6.07, 6.45) is 1.52. The van der Waals surface area contributed by atoms with Crippen molar-refractivity contribution >= 4 is 17.3 Å². The molecule has 0 unspecified atom stereocenters. The maximum absolute atomic E-state index is 6.11. The SMILES string of the molecule is COc1ccc(Oc2ncc(N)cc2Cl)c(C(C)(C)C)c1. The van der Waals surface area contributed by atoms with Gasteiger partial charge in [0.2, 0.25) is 5.88 Å². The second-order valence-corrected chi connectivity index (χ2v) is 6.18. The van der Waals surface area contributed by atoms with Crippen molar-refractivity contribution in [3.63, 3.8) is 0 Å². The molecule has 0 fully saturated rings. The number of halogens is 1. The van der Waals surface area contributed by atoms with Gasteiger partial charge in [-0.1, -0.05) is 32.4 Å². The molecule has 0 radical (unpaired) electrons. The molecule has 0 spiro atoms. The average Bonchev–Trinajstić information content (AvgIpc) is 2.41. The fourth-order valence-corrected chi connectivity index (χ4v) is 2.14. The Hall–Kier alpha value is -1.94. The number of nitrogens with two attached hydrogens (primary N) is 1. The first-order valence-corrected chi connectivity index (χ1v) is 6.96. The summed E-state index contributed by atoms with van der Waals surface area (Å²) in [6.45, 7) is 6.31. The van der Waals surface area contributed by atoms with Gasteiger partial charge in [-0.15, -0.1) is 0 Å². The number of methoxy groups -OCH3 is 1.